The van der Waals surface area contributed by atoms with Crippen molar-refractivity contribution in [1.29, 1.82) is 0 Å². The molecule has 0 saturated heterocycles. The van der Waals surface area contributed by atoms with Crippen molar-refractivity contribution in [3.05, 3.63) is 11.9 Å². The van der Waals surface area contributed by atoms with Crippen molar-refractivity contribution in [3.8, 4) is 0 Å². The van der Waals surface area contributed by atoms with E-state index in [9.17, 15) is 0 Å². The molecule has 0 aliphatic heterocycles. The molecule has 0 bridgehead atoms. The first-order chi connectivity index (χ1) is 9.18. The van der Waals surface area contributed by atoms with Gasteiger partial charge in [0.1, 0.15) is 0 Å². The smallest absolute Gasteiger partial charge is 0.0886 e. The van der Waals surface area contributed by atoms with Gasteiger partial charge in [-0.1, -0.05) is 26.0 Å². The van der Waals surface area contributed by atoms with Crippen LogP contribution < -0.4 is 5.32 Å². The Labute approximate surface area is 116 Å². The summed E-state index contributed by atoms with van der Waals surface area (Å²) in [5.74, 6) is 0. The average Bonchev–Trinajstić information content (AvgIpc) is 2.87. The lowest BCUT2D eigenvalue weighted by molar-refractivity contribution is -0.0735. The van der Waals surface area contributed by atoms with Gasteiger partial charge in [0.25, 0.3) is 0 Å². The van der Waals surface area contributed by atoms with Gasteiger partial charge in [-0.3, -0.25) is 0 Å². The summed E-state index contributed by atoms with van der Waals surface area (Å²) >= 11 is 0. The fourth-order valence-electron chi connectivity index (χ4n) is 2.79. The molecule has 0 aromatic carbocycles. The number of likely N-dealkylation sites (N-methyl/N-ethyl adjacent to an activating group) is 1. The molecule has 5 nitrogen and oxygen atoms in total. The molecule has 0 radical (unpaired) electrons. The van der Waals surface area contributed by atoms with Crippen LogP contribution in [0.3, 0.4) is 0 Å². The summed E-state index contributed by atoms with van der Waals surface area (Å²) in [5.41, 5.74) is 0.915. The van der Waals surface area contributed by atoms with E-state index in [2.05, 4.69) is 36.4 Å². The van der Waals surface area contributed by atoms with Gasteiger partial charge in [0, 0.05) is 13.2 Å². The Morgan fingerprint density at radius 3 is 2.47 bits per heavy atom. The summed E-state index contributed by atoms with van der Waals surface area (Å²) in [5, 5.41) is 11.7. The van der Waals surface area contributed by atoms with Gasteiger partial charge in [-0.2, -0.15) is 0 Å². The highest BCUT2D eigenvalue weighted by atomic mass is 16.5. The molecule has 1 unspecified atom stereocenters. The normalized spacial score (nSPS) is 13.7. The van der Waals surface area contributed by atoms with Crippen LogP contribution in [-0.4, -0.2) is 34.2 Å². The van der Waals surface area contributed by atoms with E-state index in [-0.39, 0.29) is 11.6 Å². The molecular formula is C14H28N4O. The van der Waals surface area contributed by atoms with Crippen molar-refractivity contribution < 1.29 is 4.74 Å². The minimum Gasteiger partial charge on any atom is -0.373 e. The maximum Gasteiger partial charge on any atom is 0.0886 e. The second-order valence-electron chi connectivity index (χ2n) is 4.81. The highest BCUT2D eigenvalue weighted by Gasteiger charge is 2.38. The van der Waals surface area contributed by atoms with E-state index >= 15 is 0 Å². The number of aromatic nitrogens is 3. The predicted octanol–water partition coefficient (Wildman–Crippen LogP) is 2.54. The molecular weight excluding hydrogens is 240 g/mol. The van der Waals surface area contributed by atoms with Gasteiger partial charge in [0.15, 0.2) is 0 Å². The number of hydrogen-bond acceptors (Lipinski definition) is 4. The van der Waals surface area contributed by atoms with Crippen molar-refractivity contribution in [2.45, 2.75) is 65.1 Å². The second kappa shape index (κ2) is 7.60. The molecule has 5 heteroatoms. The zero-order valence-corrected chi connectivity index (χ0v) is 12.9. The first-order valence-electron chi connectivity index (χ1n) is 7.38. The maximum absolute atomic E-state index is 6.11. The topological polar surface area (TPSA) is 52.0 Å². The summed E-state index contributed by atoms with van der Waals surface area (Å²) in [6.07, 6.45) is 4.82. The number of hydrogen-bond donors (Lipinski definition) is 1. The van der Waals surface area contributed by atoms with E-state index in [0.717, 1.165) is 38.1 Å². The molecule has 1 aromatic rings. The largest absolute Gasteiger partial charge is 0.373 e. The van der Waals surface area contributed by atoms with Crippen LogP contribution in [0.5, 0.6) is 0 Å². The first kappa shape index (κ1) is 16.1. The monoisotopic (exact) mass is 268 g/mol. The Morgan fingerprint density at radius 2 is 2.00 bits per heavy atom. The Morgan fingerprint density at radius 1 is 1.32 bits per heavy atom. The Kier molecular flexibility index (Phi) is 6.45. The predicted molar refractivity (Wildman–Crippen MR) is 77.1 cm³/mol. The summed E-state index contributed by atoms with van der Waals surface area (Å²) in [7, 11) is 1.98. The molecule has 0 aliphatic rings. The van der Waals surface area contributed by atoms with Gasteiger partial charge >= 0.3 is 0 Å². The quantitative estimate of drug-likeness (QED) is 0.748. The van der Waals surface area contributed by atoms with Crippen LogP contribution >= 0.6 is 0 Å². The molecule has 0 amide bonds. The summed E-state index contributed by atoms with van der Waals surface area (Å²) < 4.78 is 8.09. The molecule has 1 N–H and O–H groups in total. The van der Waals surface area contributed by atoms with E-state index in [0.29, 0.717) is 0 Å². The Balaban J connectivity index is 3.11. The SMILES string of the molecule is CCCn1nncc1C(NC)C(CC)(CC)OCC. The minimum absolute atomic E-state index is 0.115. The van der Waals surface area contributed by atoms with E-state index in [1.54, 1.807) is 0 Å². The lowest BCUT2D eigenvalue weighted by atomic mass is 9.86. The van der Waals surface area contributed by atoms with Crippen molar-refractivity contribution in [1.82, 2.24) is 20.3 Å². The van der Waals surface area contributed by atoms with Crippen molar-refractivity contribution in [3.63, 3.8) is 0 Å². The summed E-state index contributed by atoms with van der Waals surface area (Å²) in [4.78, 5) is 0. The van der Waals surface area contributed by atoms with Crippen LogP contribution in [0, 0.1) is 0 Å². The third-order valence-electron chi connectivity index (χ3n) is 3.82. The van der Waals surface area contributed by atoms with Crippen LogP contribution in [0.2, 0.25) is 0 Å². The molecule has 1 heterocycles. The molecule has 0 aliphatic carbocycles. The van der Waals surface area contributed by atoms with E-state index in [4.69, 9.17) is 4.74 Å². The van der Waals surface area contributed by atoms with Gasteiger partial charge in [-0.05, 0) is 33.2 Å². The van der Waals surface area contributed by atoms with E-state index in [1.807, 2.05) is 24.9 Å². The average molecular weight is 268 g/mol. The Bertz CT molecular complexity index is 360. The number of nitrogens with zero attached hydrogens (tertiary/aromatic N) is 3. The molecule has 110 valence electrons. The van der Waals surface area contributed by atoms with Gasteiger partial charge in [0.2, 0.25) is 0 Å². The van der Waals surface area contributed by atoms with Gasteiger partial charge in [-0.25, -0.2) is 4.68 Å². The maximum atomic E-state index is 6.11. The standard InChI is InChI=1S/C14H28N4O/c1-6-10-18-12(11-16-17-18)13(15-5)14(7-2,8-3)19-9-4/h11,13,15H,6-10H2,1-5H3. The molecule has 19 heavy (non-hydrogen) atoms. The number of aryl methyl sites for hydroxylation is 1. The van der Waals surface area contributed by atoms with Crippen molar-refractivity contribution >= 4 is 0 Å². The third-order valence-corrected chi connectivity index (χ3v) is 3.82. The zero-order chi connectivity index (χ0) is 14.3. The van der Waals surface area contributed by atoms with Gasteiger partial charge in [0.05, 0.1) is 23.5 Å². The number of rotatable bonds is 9. The lowest BCUT2D eigenvalue weighted by Gasteiger charge is -2.39. The fourth-order valence-corrected chi connectivity index (χ4v) is 2.79. The zero-order valence-electron chi connectivity index (χ0n) is 12.9. The molecule has 0 saturated carbocycles. The highest BCUT2D eigenvalue weighted by Crippen LogP contribution is 2.34. The number of ether oxygens (including phenoxy) is 1. The lowest BCUT2D eigenvalue weighted by Crippen LogP contribution is -2.45. The third kappa shape index (κ3) is 3.34. The van der Waals surface area contributed by atoms with Crippen molar-refractivity contribution in [2.24, 2.45) is 0 Å². The second-order valence-corrected chi connectivity index (χ2v) is 4.81. The molecule has 0 fully saturated rings. The van der Waals surface area contributed by atoms with E-state index in [1.165, 1.54) is 0 Å². The molecule has 0 spiro atoms. The van der Waals surface area contributed by atoms with Crippen LogP contribution in [0.25, 0.3) is 0 Å². The van der Waals surface area contributed by atoms with Crippen LogP contribution in [0.15, 0.2) is 6.20 Å². The summed E-state index contributed by atoms with van der Waals surface area (Å²) in [6, 6.07) is 0.115. The Hall–Kier alpha value is -0.940. The highest BCUT2D eigenvalue weighted by molar-refractivity contribution is 5.10. The van der Waals surface area contributed by atoms with Crippen LogP contribution in [0.1, 0.15) is 58.7 Å². The van der Waals surface area contributed by atoms with Gasteiger partial charge in [-0.15, -0.1) is 5.10 Å². The van der Waals surface area contributed by atoms with Crippen molar-refractivity contribution in [2.75, 3.05) is 13.7 Å². The van der Waals surface area contributed by atoms with E-state index < -0.39 is 0 Å². The van der Waals surface area contributed by atoms with Gasteiger partial charge < -0.3 is 10.1 Å². The molecule has 1 rings (SSSR count). The fraction of sp³-hybridized carbons (Fsp3) is 0.857. The molecule has 1 atom stereocenters. The van der Waals surface area contributed by atoms with Crippen LogP contribution in [0.4, 0.5) is 0 Å². The minimum atomic E-state index is -0.198. The first-order valence-corrected chi connectivity index (χ1v) is 7.38. The summed E-state index contributed by atoms with van der Waals surface area (Å²) in [6.45, 7) is 10.2. The van der Waals surface area contributed by atoms with Crippen LogP contribution in [-0.2, 0) is 11.3 Å². The molecule has 1 aromatic heterocycles. The number of nitrogens with one attached hydrogen (secondary N) is 1.